The molecule has 0 aliphatic heterocycles. The highest BCUT2D eigenvalue weighted by Crippen LogP contribution is 2.21. The lowest BCUT2D eigenvalue weighted by Gasteiger charge is -2.12. The number of nitrogens with two attached hydrogens (primary N) is 1. The second-order valence-corrected chi connectivity index (χ2v) is 5.14. The molecule has 0 saturated carbocycles. The number of rotatable bonds is 6. The number of ether oxygens (including phenoxy) is 1. The van der Waals surface area contributed by atoms with Gasteiger partial charge in [-0.15, -0.1) is 0 Å². The average molecular weight is 268 g/mol. The lowest BCUT2D eigenvalue weighted by molar-refractivity contribution is 0.0949. The Morgan fingerprint density at radius 1 is 1.56 bits per heavy atom. The smallest absolute Gasteiger partial charge is 0.251 e. The van der Waals surface area contributed by atoms with Crippen molar-refractivity contribution in [1.29, 1.82) is 0 Å². The van der Waals surface area contributed by atoms with Gasteiger partial charge in [-0.2, -0.15) is 11.8 Å². The summed E-state index contributed by atoms with van der Waals surface area (Å²) in [5.74, 6) is 1.98. The van der Waals surface area contributed by atoms with E-state index >= 15 is 0 Å². The van der Waals surface area contributed by atoms with E-state index in [0.717, 1.165) is 5.75 Å². The van der Waals surface area contributed by atoms with Crippen LogP contribution in [0.1, 0.15) is 17.3 Å². The molecule has 1 aromatic carbocycles. The summed E-state index contributed by atoms with van der Waals surface area (Å²) in [6, 6.07) is 5.05. The molecule has 100 valence electrons. The van der Waals surface area contributed by atoms with Gasteiger partial charge in [0.1, 0.15) is 5.75 Å². The summed E-state index contributed by atoms with van der Waals surface area (Å²) in [6.45, 7) is 2.78. The van der Waals surface area contributed by atoms with Crippen molar-refractivity contribution in [3.8, 4) is 5.75 Å². The van der Waals surface area contributed by atoms with E-state index in [4.69, 9.17) is 10.5 Å². The monoisotopic (exact) mass is 268 g/mol. The molecular weight excluding hydrogens is 248 g/mol. The first-order valence-corrected chi connectivity index (χ1v) is 7.18. The minimum Gasteiger partial charge on any atom is -0.495 e. The van der Waals surface area contributed by atoms with Crippen LogP contribution in [0, 0.1) is 5.92 Å². The summed E-state index contributed by atoms with van der Waals surface area (Å²) in [5.41, 5.74) is 6.80. The molecule has 18 heavy (non-hydrogen) atoms. The Hall–Kier alpha value is -1.36. The zero-order valence-electron chi connectivity index (χ0n) is 11.0. The van der Waals surface area contributed by atoms with E-state index in [1.54, 1.807) is 37.1 Å². The van der Waals surface area contributed by atoms with Crippen molar-refractivity contribution >= 4 is 23.4 Å². The summed E-state index contributed by atoms with van der Waals surface area (Å²) < 4.78 is 5.05. The lowest BCUT2D eigenvalue weighted by atomic mass is 10.1. The summed E-state index contributed by atoms with van der Waals surface area (Å²) in [6.07, 6.45) is 2.06. The number of thioether (sulfide) groups is 1. The number of carbonyl (C=O) groups is 1. The van der Waals surface area contributed by atoms with Crippen molar-refractivity contribution in [3.05, 3.63) is 23.8 Å². The second kappa shape index (κ2) is 7.16. The third-order valence-electron chi connectivity index (χ3n) is 2.55. The fraction of sp³-hybridized carbons (Fsp3) is 0.462. The molecule has 1 amide bonds. The van der Waals surface area contributed by atoms with Crippen LogP contribution in [0.4, 0.5) is 5.69 Å². The minimum atomic E-state index is -0.0997. The van der Waals surface area contributed by atoms with Crippen molar-refractivity contribution in [2.24, 2.45) is 5.92 Å². The van der Waals surface area contributed by atoms with Crippen molar-refractivity contribution < 1.29 is 9.53 Å². The summed E-state index contributed by atoms with van der Waals surface area (Å²) in [7, 11) is 1.55. The molecule has 0 radical (unpaired) electrons. The Labute approximate surface area is 112 Å². The molecule has 3 N–H and O–H groups in total. The maximum atomic E-state index is 11.9. The molecule has 0 heterocycles. The first-order valence-electron chi connectivity index (χ1n) is 5.79. The van der Waals surface area contributed by atoms with Gasteiger partial charge in [-0.1, -0.05) is 6.92 Å². The number of hydrogen-bond acceptors (Lipinski definition) is 4. The van der Waals surface area contributed by atoms with Gasteiger partial charge in [-0.25, -0.2) is 0 Å². The highest BCUT2D eigenvalue weighted by molar-refractivity contribution is 7.98. The maximum absolute atomic E-state index is 11.9. The van der Waals surface area contributed by atoms with E-state index in [2.05, 4.69) is 18.5 Å². The van der Waals surface area contributed by atoms with Crippen LogP contribution in [0.25, 0.3) is 0 Å². The van der Waals surface area contributed by atoms with Gasteiger partial charge in [-0.3, -0.25) is 4.79 Å². The van der Waals surface area contributed by atoms with Crippen molar-refractivity contribution in [3.63, 3.8) is 0 Å². The molecule has 0 spiro atoms. The number of anilines is 1. The fourth-order valence-electron chi connectivity index (χ4n) is 1.59. The van der Waals surface area contributed by atoms with E-state index < -0.39 is 0 Å². The first kappa shape index (κ1) is 14.7. The molecule has 0 aromatic heterocycles. The maximum Gasteiger partial charge on any atom is 0.251 e. The van der Waals surface area contributed by atoms with Gasteiger partial charge < -0.3 is 15.8 Å². The van der Waals surface area contributed by atoms with Crippen molar-refractivity contribution in [2.45, 2.75) is 6.92 Å². The first-order chi connectivity index (χ1) is 8.58. The van der Waals surface area contributed by atoms with E-state index in [9.17, 15) is 4.79 Å². The average Bonchev–Trinajstić information content (AvgIpc) is 2.36. The number of hydrogen-bond donors (Lipinski definition) is 2. The van der Waals surface area contributed by atoms with Crippen molar-refractivity contribution in [1.82, 2.24) is 5.32 Å². The molecule has 4 nitrogen and oxygen atoms in total. The number of carbonyl (C=O) groups excluding carboxylic acids is 1. The Balaban J connectivity index is 2.59. The molecule has 0 aliphatic carbocycles. The van der Waals surface area contributed by atoms with E-state index in [0.29, 0.717) is 29.5 Å². The molecule has 1 atom stereocenters. The number of nitrogen functional groups attached to an aromatic ring is 1. The molecule has 0 saturated heterocycles. The normalized spacial score (nSPS) is 11.9. The Bertz CT molecular complexity index is 410. The van der Waals surface area contributed by atoms with Crippen LogP contribution in [0.2, 0.25) is 0 Å². The topological polar surface area (TPSA) is 64.3 Å². The second-order valence-electron chi connectivity index (χ2n) is 4.23. The van der Waals surface area contributed by atoms with Crippen LogP contribution in [0.5, 0.6) is 5.75 Å². The Morgan fingerprint density at radius 3 is 2.83 bits per heavy atom. The predicted molar refractivity (Wildman–Crippen MR) is 77.3 cm³/mol. The largest absolute Gasteiger partial charge is 0.495 e. The third kappa shape index (κ3) is 4.14. The highest BCUT2D eigenvalue weighted by Gasteiger charge is 2.09. The predicted octanol–water partition coefficient (Wildman–Crippen LogP) is 2.01. The van der Waals surface area contributed by atoms with Gasteiger partial charge in [-0.05, 0) is 36.1 Å². The number of methoxy groups -OCH3 is 1. The van der Waals surface area contributed by atoms with Gasteiger partial charge in [0.05, 0.1) is 12.8 Å². The van der Waals surface area contributed by atoms with Crippen LogP contribution in [0.3, 0.4) is 0 Å². The number of nitrogens with one attached hydrogen (secondary N) is 1. The third-order valence-corrected chi connectivity index (χ3v) is 3.46. The zero-order chi connectivity index (χ0) is 13.5. The Morgan fingerprint density at radius 2 is 2.28 bits per heavy atom. The van der Waals surface area contributed by atoms with E-state index in [1.165, 1.54) is 0 Å². The quantitative estimate of drug-likeness (QED) is 0.775. The molecule has 5 heteroatoms. The van der Waals surface area contributed by atoms with E-state index in [-0.39, 0.29) is 5.91 Å². The van der Waals surface area contributed by atoms with Crippen LogP contribution in [-0.2, 0) is 0 Å². The highest BCUT2D eigenvalue weighted by atomic mass is 32.2. The fourth-order valence-corrected chi connectivity index (χ4v) is 2.27. The van der Waals surface area contributed by atoms with Crippen LogP contribution in [-0.4, -0.2) is 31.6 Å². The summed E-state index contributed by atoms with van der Waals surface area (Å²) in [4.78, 5) is 11.9. The van der Waals surface area contributed by atoms with Gasteiger partial charge in [0.25, 0.3) is 5.91 Å². The summed E-state index contributed by atoms with van der Waals surface area (Å²) >= 11 is 1.78. The van der Waals surface area contributed by atoms with Gasteiger partial charge in [0, 0.05) is 12.1 Å². The molecular formula is C13H20N2O2S. The lowest BCUT2D eigenvalue weighted by Crippen LogP contribution is -2.29. The number of amides is 1. The molecule has 0 bridgehead atoms. The molecule has 0 fully saturated rings. The SMILES string of the molecule is COc1ccc(C(=O)NCC(C)CSC)cc1N. The van der Waals surface area contributed by atoms with Crippen LogP contribution >= 0.6 is 11.8 Å². The zero-order valence-corrected chi connectivity index (χ0v) is 11.8. The molecule has 0 aliphatic rings. The molecule has 1 aromatic rings. The summed E-state index contributed by atoms with van der Waals surface area (Å²) in [5, 5.41) is 2.90. The molecule has 1 rings (SSSR count). The number of benzene rings is 1. The van der Waals surface area contributed by atoms with Crippen molar-refractivity contribution in [2.75, 3.05) is 31.4 Å². The Kier molecular flexibility index (Phi) is 5.85. The standard InChI is InChI=1S/C13H20N2O2S/c1-9(8-18-3)7-15-13(16)10-4-5-12(17-2)11(14)6-10/h4-6,9H,7-8,14H2,1-3H3,(H,15,16). The van der Waals surface area contributed by atoms with Crippen LogP contribution < -0.4 is 15.8 Å². The van der Waals surface area contributed by atoms with Gasteiger partial charge in [0.15, 0.2) is 0 Å². The van der Waals surface area contributed by atoms with Crippen LogP contribution in [0.15, 0.2) is 18.2 Å². The van der Waals surface area contributed by atoms with Gasteiger partial charge >= 0.3 is 0 Å². The van der Waals surface area contributed by atoms with E-state index in [1.807, 2.05) is 0 Å². The van der Waals surface area contributed by atoms with Gasteiger partial charge in [0.2, 0.25) is 0 Å². The minimum absolute atomic E-state index is 0.0997. The molecule has 1 unspecified atom stereocenters.